The number of nitrogens with zero attached hydrogens (tertiary/aromatic N) is 2. The van der Waals surface area contributed by atoms with Crippen molar-refractivity contribution in [2.24, 2.45) is 5.92 Å². The molecule has 2 amide bonds. The number of carbonyl (C=O) groups is 2. The molecule has 1 aromatic heterocycles. The fourth-order valence-electron chi connectivity index (χ4n) is 2.75. The van der Waals surface area contributed by atoms with Crippen LogP contribution in [0.1, 0.15) is 29.0 Å². The number of hydrogen-bond acceptors (Lipinski definition) is 5. The van der Waals surface area contributed by atoms with Gasteiger partial charge < -0.3 is 15.0 Å². The number of benzene rings is 1. The van der Waals surface area contributed by atoms with E-state index < -0.39 is 0 Å². The predicted molar refractivity (Wildman–Crippen MR) is 106 cm³/mol. The lowest BCUT2D eigenvalue weighted by molar-refractivity contribution is -0.134. The summed E-state index contributed by atoms with van der Waals surface area (Å²) in [5.41, 5.74) is 1.83. The summed E-state index contributed by atoms with van der Waals surface area (Å²) in [6.07, 6.45) is 2.52. The van der Waals surface area contributed by atoms with Crippen molar-refractivity contribution in [3.05, 3.63) is 40.4 Å². The summed E-state index contributed by atoms with van der Waals surface area (Å²) >= 11 is 1.45. The molecule has 2 aromatic rings. The van der Waals surface area contributed by atoms with E-state index >= 15 is 0 Å². The topological polar surface area (TPSA) is 71.5 Å². The Kier molecular flexibility index (Phi) is 6.11. The standard InChI is InChI=1S/C20H25N3O3S/c1-13-14(2)27-20(21-13)22-18(24)12-23(11-16-4-5-16)19(25)10-15-6-8-17(26-3)9-7-15/h6-9,16H,4-5,10-12H2,1-3H3,(H,21,22,24). The first-order chi connectivity index (χ1) is 12.9. The van der Waals surface area contributed by atoms with Crippen LogP contribution in [0.3, 0.4) is 0 Å². The lowest BCUT2D eigenvalue weighted by Gasteiger charge is -2.22. The number of hydrogen-bond donors (Lipinski definition) is 1. The van der Waals surface area contributed by atoms with Crippen LogP contribution in [0.5, 0.6) is 5.75 Å². The molecule has 7 heteroatoms. The normalized spacial score (nSPS) is 13.3. The third-order valence-corrected chi connectivity index (χ3v) is 5.64. The number of ether oxygens (including phenoxy) is 1. The van der Waals surface area contributed by atoms with E-state index in [1.165, 1.54) is 11.3 Å². The van der Waals surface area contributed by atoms with Gasteiger partial charge in [0.25, 0.3) is 0 Å². The van der Waals surface area contributed by atoms with E-state index in [1.807, 2.05) is 38.1 Å². The Hall–Kier alpha value is -2.41. The number of methoxy groups -OCH3 is 1. The zero-order valence-electron chi connectivity index (χ0n) is 15.9. The zero-order valence-corrected chi connectivity index (χ0v) is 16.8. The van der Waals surface area contributed by atoms with Crippen LogP contribution in [0, 0.1) is 19.8 Å². The second-order valence-electron chi connectivity index (χ2n) is 6.95. The van der Waals surface area contributed by atoms with E-state index in [1.54, 1.807) is 12.0 Å². The van der Waals surface area contributed by atoms with Gasteiger partial charge in [-0.2, -0.15) is 0 Å². The number of carbonyl (C=O) groups excluding carboxylic acids is 2. The summed E-state index contributed by atoms with van der Waals surface area (Å²) in [7, 11) is 1.61. The highest BCUT2D eigenvalue weighted by Gasteiger charge is 2.28. The minimum atomic E-state index is -0.201. The van der Waals surface area contributed by atoms with E-state index in [2.05, 4.69) is 10.3 Å². The van der Waals surface area contributed by atoms with Gasteiger partial charge in [0, 0.05) is 11.4 Å². The Labute approximate surface area is 163 Å². The molecule has 0 unspecified atom stereocenters. The maximum absolute atomic E-state index is 12.8. The first-order valence-electron chi connectivity index (χ1n) is 9.09. The molecule has 1 heterocycles. The van der Waals surface area contributed by atoms with E-state index in [0.29, 0.717) is 17.6 Å². The van der Waals surface area contributed by atoms with Gasteiger partial charge in [-0.3, -0.25) is 9.59 Å². The van der Waals surface area contributed by atoms with Crippen LogP contribution in [-0.4, -0.2) is 41.9 Å². The smallest absolute Gasteiger partial charge is 0.245 e. The summed E-state index contributed by atoms with van der Waals surface area (Å²) < 4.78 is 5.15. The molecule has 1 N–H and O–H groups in total. The first kappa shape index (κ1) is 19.4. The monoisotopic (exact) mass is 387 g/mol. The average Bonchev–Trinajstić information content (AvgIpc) is 3.39. The molecular formula is C20H25N3O3S. The van der Waals surface area contributed by atoms with E-state index in [0.717, 1.165) is 34.7 Å². The van der Waals surface area contributed by atoms with Crippen molar-refractivity contribution in [1.82, 2.24) is 9.88 Å². The van der Waals surface area contributed by atoms with E-state index in [-0.39, 0.29) is 24.8 Å². The molecule has 1 aliphatic carbocycles. The van der Waals surface area contributed by atoms with Crippen LogP contribution in [-0.2, 0) is 16.0 Å². The van der Waals surface area contributed by atoms with Gasteiger partial charge >= 0.3 is 0 Å². The van der Waals surface area contributed by atoms with Gasteiger partial charge in [0.2, 0.25) is 11.8 Å². The molecule has 1 aromatic carbocycles. The Morgan fingerprint density at radius 3 is 2.52 bits per heavy atom. The number of aryl methyl sites for hydroxylation is 2. The highest BCUT2D eigenvalue weighted by molar-refractivity contribution is 7.15. The summed E-state index contributed by atoms with van der Waals surface area (Å²) in [6, 6.07) is 7.45. The van der Waals surface area contributed by atoms with Crippen molar-refractivity contribution < 1.29 is 14.3 Å². The lowest BCUT2D eigenvalue weighted by atomic mass is 10.1. The molecule has 144 valence electrons. The molecule has 27 heavy (non-hydrogen) atoms. The Bertz CT molecular complexity index is 793. The molecule has 1 aliphatic rings. The van der Waals surface area contributed by atoms with E-state index in [9.17, 15) is 9.59 Å². The summed E-state index contributed by atoms with van der Waals surface area (Å²) in [5.74, 6) is 1.04. The number of aromatic nitrogens is 1. The molecule has 0 radical (unpaired) electrons. The maximum atomic E-state index is 12.8. The van der Waals surface area contributed by atoms with Gasteiger partial charge in [-0.05, 0) is 50.3 Å². The number of rotatable bonds is 8. The molecule has 0 atom stereocenters. The molecule has 6 nitrogen and oxygen atoms in total. The van der Waals surface area contributed by atoms with Gasteiger partial charge in [-0.1, -0.05) is 12.1 Å². The molecule has 1 fully saturated rings. The van der Waals surface area contributed by atoms with Gasteiger partial charge in [-0.15, -0.1) is 11.3 Å². The predicted octanol–water partition coefficient (Wildman–Crippen LogP) is 3.19. The number of amides is 2. The maximum Gasteiger partial charge on any atom is 0.245 e. The van der Waals surface area contributed by atoms with Crippen molar-refractivity contribution in [3.8, 4) is 5.75 Å². The molecule has 0 aliphatic heterocycles. The van der Waals surface area contributed by atoms with Crippen molar-refractivity contribution in [2.45, 2.75) is 33.1 Å². The summed E-state index contributed by atoms with van der Waals surface area (Å²) in [5, 5.41) is 3.41. The highest BCUT2D eigenvalue weighted by Crippen LogP contribution is 2.30. The second kappa shape index (κ2) is 8.52. The Balaban J connectivity index is 1.61. The van der Waals surface area contributed by atoms with Crippen LogP contribution in [0.25, 0.3) is 0 Å². The molecule has 0 saturated heterocycles. The van der Waals surface area contributed by atoms with Crippen LogP contribution in [0.2, 0.25) is 0 Å². The molecule has 0 spiro atoms. The minimum Gasteiger partial charge on any atom is -0.497 e. The molecule has 1 saturated carbocycles. The summed E-state index contributed by atoms with van der Waals surface area (Å²) in [4.78, 5) is 32.3. The Morgan fingerprint density at radius 2 is 1.96 bits per heavy atom. The van der Waals surface area contributed by atoms with Crippen LogP contribution >= 0.6 is 11.3 Å². The largest absolute Gasteiger partial charge is 0.497 e. The number of nitrogens with one attached hydrogen (secondary N) is 1. The van der Waals surface area contributed by atoms with Gasteiger partial charge in [0.1, 0.15) is 5.75 Å². The number of thiazole rings is 1. The molecule has 0 bridgehead atoms. The van der Waals surface area contributed by atoms with Crippen molar-refractivity contribution in [1.29, 1.82) is 0 Å². The SMILES string of the molecule is COc1ccc(CC(=O)N(CC(=O)Nc2nc(C)c(C)s2)CC2CC2)cc1. The summed E-state index contributed by atoms with van der Waals surface area (Å²) in [6.45, 7) is 4.58. The Morgan fingerprint density at radius 1 is 1.26 bits per heavy atom. The van der Waals surface area contributed by atoms with Crippen LogP contribution in [0.4, 0.5) is 5.13 Å². The first-order valence-corrected chi connectivity index (χ1v) is 9.91. The van der Waals surface area contributed by atoms with Gasteiger partial charge in [0.05, 0.1) is 25.8 Å². The molecule has 3 rings (SSSR count). The van der Waals surface area contributed by atoms with Crippen LogP contribution < -0.4 is 10.1 Å². The second-order valence-corrected chi connectivity index (χ2v) is 8.15. The third-order valence-electron chi connectivity index (χ3n) is 4.65. The molecular weight excluding hydrogens is 362 g/mol. The fraction of sp³-hybridized carbons (Fsp3) is 0.450. The van der Waals surface area contributed by atoms with E-state index in [4.69, 9.17) is 4.74 Å². The number of anilines is 1. The minimum absolute atomic E-state index is 0.0336. The zero-order chi connectivity index (χ0) is 19.4. The van der Waals surface area contributed by atoms with Crippen molar-refractivity contribution in [2.75, 3.05) is 25.5 Å². The third kappa shape index (κ3) is 5.53. The average molecular weight is 388 g/mol. The quantitative estimate of drug-likeness (QED) is 0.755. The van der Waals surface area contributed by atoms with Crippen molar-refractivity contribution >= 4 is 28.3 Å². The highest BCUT2D eigenvalue weighted by atomic mass is 32.1. The van der Waals surface area contributed by atoms with Crippen LogP contribution in [0.15, 0.2) is 24.3 Å². The van der Waals surface area contributed by atoms with Gasteiger partial charge in [0.15, 0.2) is 5.13 Å². The lowest BCUT2D eigenvalue weighted by Crippen LogP contribution is -2.40. The van der Waals surface area contributed by atoms with Gasteiger partial charge in [-0.25, -0.2) is 4.98 Å². The van der Waals surface area contributed by atoms with Crippen molar-refractivity contribution in [3.63, 3.8) is 0 Å². The fourth-order valence-corrected chi connectivity index (χ4v) is 3.59.